The van der Waals surface area contributed by atoms with E-state index in [9.17, 15) is 14.4 Å². The van der Waals surface area contributed by atoms with E-state index in [-0.39, 0.29) is 0 Å². The molecule has 1 aliphatic rings. The van der Waals surface area contributed by atoms with Crippen LogP contribution >= 0.6 is 11.8 Å². The van der Waals surface area contributed by atoms with Gasteiger partial charge in [0.15, 0.2) is 23.7 Å². The van der Waals surface area contributed by atoms with Crippen LogP contribution in [0.2, 0.25) is 0 Å². The van der Waals surface area contributed by atoms with Gasteiger partial charge in [-0.05, 0) is 17.7 Å². The number of rotatable bonds is 7. The summed E-state index contributed by atoms with van der Waals surface area (Å²) in [7, 11) is 0. The molecule has 9 heteroatoms. The number of benzene rings is 1. The number of hydrogen-bond donors (Lipinski definition) is 0. The lowest BCUT2D eigenvalue weighted by Gasteiger charge is -2.40. The largest absolute Gasteiger partial charge is 0.474 e. The zero-order valence-corrected chi connectivity index (χ0v) is 18.9. The number of carbonyl (C=O) groups is 3. The summed E-state index contributed by atoms with van der Waals surface area (Å²) >= 11 is 1.31. The van der Waals surface area contributed by atoms with Crippen molar-refractivity contribution in [1.82, 2.24) is 4.98 Å². The Hall–Kier alpha value is -3.07. The average molecular weight is 460 g/mol. The number of ether oxygens (including phenoxy) is 4. The van der Waals surface area contributed by atoms with Gasteiger partial charge in [0.05, 0.1) is 5.69 Å². The second-order valence-corrected chi connectivity index (χ2v) is 8.36. The van der Waals surface area contributed by atoms with E-state index in [0.717, 1.165) is 5.56 Å². The van der Waals surface area contributed by atoms with E-state index in [2.05, 4.69) is 4.98 Å². The molecule has 2 heterocycles. The summed E-state index contributed by atoms with van der Waals surface area (Å²) in [5.41, 5.74) is 1.08. The van der Waals surface area contributed by atoms with Crippen LogP contribution in [0.5, 0.6) is 5.75 Å². The second-order valence-electron chi connectivity index (χ2n) is 7.23. The summed E-state index contributed by atoms with van der Waals surface area (Å²) in [4.78, 5) is 39.6. The Morgan fingerprint density at radius 1 is 0.906 bits per heavy atom. The van der Waals surface area contributed by atoms with Crippen LogP contribution in [0.4, 0.5) is 0 Å². The third-order valence-corrected chi connectivity index (χ3v) is 5.82. The van der Waals surface area contributed by atoms with Crippen molar-refractivity contribution < 1.29 is 33.3 Å². The predicted molar refractivity (Wildman–Crippen MR) is 117 cm³/mol. The van der Waals surface area contributed by atoms with Crippen LogP contribution in [0.15, 0.2) is 48.7 Å². The van der Waals surface area contributed by atoms with Crippen LogP contribution < -0.4 is 4.74 Å². The van der Waals surface area contributed by atoms with Crippen molar-refractivity contribution in [2.45, 2.75) is 50.9 Å². The first kappa shape index (κ1) is 23.6. The molecule has 0 unspecified atom stereocenters. The van der Waals surface area contributed by atoms with Gasteiger partial charge in [-0.15, -0.1) is 11.8 Å². The molecule has 170 valence electrons. The summed E-state index contributed by atoms with van der Waals surface area (Å²) in [5, 5.41) is 0. The summed E-state index contributed by atoms with van der Waals surface area (Å²) in [5.74, 6) is -0.847. The molecule has 0 aliphatic carbocycles. The number of nitrogens with zero attached hydrogens (tertiary/aromatic N) is 1. The molecule has 0 bridgehead atoms. The van der Waals surface area contributed by atoms with Gasteiger partial charge < -0.3 is 18.9 Å². The van der Waals surface area contributed by atoms with Gasteiger partial charge in [-0.1, -0.05) is 30.3 Å². The lowest BCUT2D eigenvalue weighted by Crippen LogP contribution is -2.55. The molecular formula is C23H25NO7S. The van der Waals surface area contributed by atoms with Crippen LogP contribution in [-0.4, -0.2) is 52.4 Å². The van der Waals surface area contributed by atoms with E-state index in [0.29, 0.717) is 23.6 Å². The molecule has 1 fully saturated rings. The fourth-order valence-electron chi connectivity index (χ4n) is 3.39. The van der Waals surface area contributed by atoms with E-state index in [1.54, 1.807) is 18.3 Å². The highest BCUT2D eigenvalue weighted by atomic mass is 32.2. The molecule has 32 heavy (non-hydrogen) atoms. The highest BCUT2D eigenvalue weighted by Gasteiger charge is 2.47. The Morgan fingerprint density at radius 2 is 1.56 bits per heavy atom. The minimum atomic E-state index is -0.999. The Labute approximate surface area is 190 Å². The first-order valence-corrected chi connectivity index (χ1v) is 11.2. The molecular weight excluding hydrogens is 434 g/mol. The predicted octanol–water partition coefficient (Wildman–Crippen LogP) is 2.92. The number of carbonyl (C=O) groups excluding carboxylic acids is 3. The molecule has 1 aromatic heterocycles. The number of thioether (sulfide) groups is 1. The maximum atomic E-state index is 11.8. The molecule has 0 N–H and O–H groups in total. The van der Waals surface area contributed by atoms with Crippen molar-refractivity contribution in [3.63, 3.8) is 0 Å². The van der Waals surface area contributed by atoms with Crippen LogP contribution in [0.3, 0.4) is 0 Å². The van der Waals surface area contributed by atoms with Gasteiger partial charge in [0.1, 0.15) is 5.75 Å². The molecule has 1 aromatic carbocycles. The minimum Gasteiger partial charge on any atom is -0.474 e. The molecule has 1 aliphatic heterocycles. The van der Waals surface area contributed by atoms with Gasteiger partial charge in [-0.3, -0.25) is 19.4 Å². The van der Waals surface area contributed by atoms with Gasteiger partial charge in [-0.2, -0.15) is 0 Å². The summed E-state index contributed by atoms with van der Waals surface area (Å²) in [6, 6.07) is 13.4. The molecule has 4 atom stereocenters. The van der Waals surface area contributed by atoms with Crippen molar-refractivity contribution in [2.24, 2.45) is 0 Å². The minimum absolute atomic E-state index is 0.300. The quantitative estimate of drug-likeness (QED) is 0.457. The van der Waals surface area contributed by atoms with Crippen molar-refractivity contribution in [2.75, 3.05) is 5.75 Å². The topological polar surface area (TPSA) is 101 Å². The van der Waals surface area contributed by atoms with Gasteiger partial charge >= 0.3 is 17.9 Å². The number of esters is 3. The third kappa shape index (κ3) is 6.46. The zero-order chi connectivity index (χ0) is 23.1. The fraction of sp³-hybridized carbons (Fsp3) is 0.391. The molecule has 0 amide bonds. The van der Waals surface area contributed by atoms with E-state index in [1.165, 1.54) is 32.5 Å². The summed E-state index contributed by atoms with van der Waals surface area (Å²) in [6.07, 6.45) is -0.523. The number of hydrogen-bond acceptors (Lipinski definition) is 9. The van der Waals surface area contributed by atoms with Crippen LogP contribution in [0.1, 0.15) is 32.0 Å². The fourth-order valence-corrected chi connectivity index (χ4v) is 4.60. The molecule has 8 nitrogen and oxygen atoms in total. The molecule has 0 saturated carbocycles. The first-order chi connectivity index (χ1) is 15.3. The van der Waals surface area contributed by atoms with Crippen molar-refractivity contribution in [3.8, 4) is 5.75 Å². The van der Waals surface area contributed by atoms with Crippen LogP contribution in [0.25, 0.3) is 0 Å². The Balaban J connectivity index is 1.87. The number of aromatic nitrogens is 1. The van der Waals surface area contributed by atoms with E-state index in [1.807, 2.05) is 30.3 Å². The van der Waals surface area contributed by atoms with Crippen molar-refractivity contribution in [3.05, 3.63) is 59.9 Å². The monoisotopic (exact) mass is 459 g/mol. The Kier molecular flexibility index (Phi) is 8.10. The normalized spacial score (nSPS) is 22.5. The van der Waals surface area contributed by atoms with Gasteiger partial charge in [0.2, 0.25) is 0 Å². The SMILES string of the molecule is CC(=O)O[C@@H]1[C@@H](OC(C)=O)[C@H](OC(C)=O)CS[C@H]1Oc1cccnc1Cc1ccccc1. The van der Waals surface area contributed by atoms with Crippen LogP contribution in [-0.2, 0) is 35.0 Å². The van der Waals surface area contributed by atoms with E-state index in [4.69, 9.17) is 18.9 Å². The van der Waals surface area contributed by atoms with Crippen LogP contribution in [0, 0.1) is 0 Å². The average Bonchev–Trinajstić information content (AvgIpc) is 2.73. The Morgan fingerprint density at radius 3 is 2.22 bits per heavy atom. The third-order valence-electron chi connectivity index (χ3n) is 4.61. The maximum absolute atomic E-state index is 11.8. The lowest BCUT2D eigenvalue weighted by atomic mass is 10.1. The van der Waals surface area contributed by atoms with E-state index < -0.39 is 41.7 Å². The van der Waals surface area contributed by atoms with Gasteiger partial charge in [0, 0.05) is 39.1 Å². The highest BCUT2D eigenvalue weighted by molar-refractivity contribution is 7.99. The van der Waals surface area contributed by atoms with Gasteiger partial charge in [0.25, 0.3) is 0 Å². The maximum Gasteiger partial charge on any atom is 0.303 e. The summed E-state index contributed by atoms with van der Waals surface area (Å²) < 4.78 is 22.4. The zero-order valence-electron chi connectivity index (χ0n) is 18.1. The molecule has 2 aromatic rings. The molecule has 0 radical (unpaired) electrons. The lowest BCUT2D eigenvalue weighted by molar-refractivity contribution is -0.186. The number of pyridine rings is 1. The van der Waals surface area contributed by atoms with Crippen molar-refractivity contribution >= 4 is 29.7 Å². The first-order valence-electron chi connectivity index (χ1n) is 10.1. The second kappa shape index (κ2) is 11.0. The Bertz CT molecular complexity index is 952. The highest BCUT2D eigenvalue weighted by Crippen LogP contribution is 2.35. The van der Waals surface area contributed by atoms with Gasteiger partial charge in [-0.25, -0.2) is 0 Å². The van der Waals surface area contributed by atoms with Crippen molar-refractivity contribution in [1.29, 1.82) is 0 Å². The smallest absolute Gasteiger partial charge is 0.303 e. The summed E-state index contributed by atoms with van der Waals surface area (Å²) in [6.45, 7) is 3.77. The molecule has 1 saturated heterocycles. The van der Waals surface area contributed by atoms with E-state index >= 15 is 0 Å². The standard InChI is InChI=1S/C23H25NO7S/c1-14(25)28-20-13-32-23(22(30-16(3)27)21(20)29-15(2)26)31-19-10-7-11-24-18(19)12-17-8-5-4-6-9-17/h4-11,20-23H,12-13H2,1-3H3/t20-,21+,22-,23-/m1/s1. The molecule has 3 rings (SSSR count). The molecule has 0 spiro atoms.